The van der Waals surface area contributed by atoms with Crippen LogP contribution in [0.15, 0.2) is 41.6 Å². The van der Waals surface area contributed by atoms with Gasteiger partial charge >= 0.3 is 0 Å². The van der Waals surface area contributed by atoms with Crippen molar-refractivity contribution in [3.63, 3.8) is 0 Å². The highest BCUT2D eigenvalue weighted by Crippen LogP contribution is 2.20. The van der Waals surface area contributed by atoms with Gasteiger partial charge in [0.25, 0.3) is 0 Å². The Morgan fingerprint density at radius 2 is 1.88 bits per heavy atom. The van der Waals surface area contributed by atoms with Crippen molar-refractivity contribution < 1.29 is 5.11 Å². The average Bonchev–Trinajstić information content (AvgIpc) is 2.26. The molecule has 0 bridgehead atoms. The molecule has 1 rings (SSSR count). The Balaban J connectivity index is 3.00. The molecule has 1 atom stereocenters. The lowest BCUT2D eigenvalue weighted by Crippen LogP contribution is -2.44. The zero-order valence-corrected chi connectivity index (χ0v) is 11.7. The third kappa shape index (κ3) is 3.06. The molecule has 16 heavy (non-hydrogen) atoms. The van der Waals surface area contributed by atoms with Crippen LogP contribution in [0.2, 0.25) is 13.1 Å². The molecule has 88 valence electrons. The van der Waals surface area contributed by atoms with Crippen molar-refractivity contribution in [1.29, 1.82) is 0 Å². The van der Waals surface area contributed by atoms with Crippen LogP contribution in [0.4, 0.5) is 0 Å². The van der Waals surface area contributed by atoms with Crippen molar-refractivity contribution in [3.8, 4) is 0 Å². The van der Waals surface area contributed by atoms with Crippen molar-refractivity contribution in [2.75, 3.05) is 0 Å². The molecule has 1 unspecified atom stereocenters. The van der Waals surface area contributed by atoms with Crippen LogP contribution in [-0.4, -0.2) is 19.3 Å². The van der Waals surface area contributed by atoms with E-state index in [1.54, 1.807) is 0 Å². The summed E-state index contributed by atoms with van der Waals surface area (Å²) in [6.45, 7) is 8.63. The summed E-state index contributed by atoms with van der Waals surface area (Å²) in [4.78, 5) is 0. The summed E-state index contributed by atoms with van der Waals surface area (Å²) in [6, 6.07) is 10.7. The molecule has 1 nitrogen and oxygen atoms in total. The molecule has 0 heterocycles. The molecule has 0 aliphatic rings. The van der Waals surface area contributed by atoms with E-state index in [1.165, 1.54) is 10.4 Å². The Bertz CT molecular complexity index is 352. The third-order valence-electron chi connectivity index (χ3n) is 3.16. The highest BCUT2D eigenvalue weighted by Gasteiger charge is 2.27. The highest BCUT2D eigenvalue weighted by molar-refractivity contribution is 6.95. The summed E-state index contributed by atoms with van der Waals surface area (Å²) in [7, 11) is -1.57. The standard InChI is InChI=1S/C14H22OSi/c1-5-13(11-12(2)15)16(3,4)14-9-7-6-8-10-14/h5-10,12,15H,11H2,1-4H3/b13-5-. The Hall–Kier alpha value is -0.863. The molecule has 0 spiro atoms. The predicted octanol–water partition coefficient (Wildman–Crippen LogP) is 2.86. The molecule has 1 aromatic carbocycles. The number of aliphatic hydroxyl groups is 1. The third-order valence-corrected chi connectivity index (χ3v) is 7.04. The molecule has 0 fully saturated rings. The lowest BCUT2D eigenvalue weighted by molar-refractivity contribution is 0.197. The molecule has 1 aromatic rings. The lowest BCUT2D eigenvalue weighted by atomic mass is 10.2. The van der Waals surface area contributed by atoms with Gasteiger partial charge in [0.15, 0.2) is 0 Å². The zero-order chi connectivity index (χ0) is 12.2. The van der Waals surface area contributed by atoms with Gasteiger partial charge in [-0.15, -0.1) is 0 Å². The highest BCUT2D eigenvalue weighted by atomic mass is 28.3. The maximum absolute atomic E-state index is 9.55. The van der Waals surface area contributed by atoms with Gasteiger partial charge < -0.3 is 5.11 Å². The summed E-state index contributed by atoms with van der Waals surface area (Å²) in [5.41, 5.74) is 0. The van der Waals surface area contributed by atoms with Gasteiger partial charge in [0.1, 0.15) is 8.07 Å². The van der Waals surface area contributed by atoms with Crippen molar-refractivity contribution >= 4 is 13.3 Å². The van der Waals surface area contributed by atoms with E-state index in [2.05, 4.69) is 56.4 Å². The van der Waals surface area contributed by atoms with E-state index in [0.29, 0.717) is 0 Å². The van der Waals surface area contributed by atoms with E-state index in [9.17, 15) is 5.11 Å². The second kappa shape index (κ2) is 5.46. The number of benzene rings is 1. The minimum Gasteiger partial charge on any atom is -0.393 e. The van der Waals surface area contributed by atoms with E-state index in [-0.39, 0.29) is 6.10 Å². The van der Waals surface area contributed by atoms with E-state index in [1.807, 2.05) is 6.92 Å². The Morgan fingerprint density at radius 1 is 1.31 bits per heavy atom. The number of hydrogen-bond acceptors (Lipinski definition) is 1. The van der Waals surface area contributed by atoms with Gasteiger partial charge in [-0.25, -0.2) is 0 Å². The van der Waals surface area contributed by atoms with Crippen LogP contribution < -0.4 is 5.19 Å². The van der Waals surface area contributed by atoms with Gasteiger partial charge in [0, 0.05) is 0 Å². The average molecular weight is 234 g/mol. The van der Waals surface area contributed by atoms with Gasteiger partial charge in [-0.2, -0.15) is 0 Å². The number of hydrogen-bond donors (Lipinski definition) is 1. The minimum atomic E-state index is -1.57. The predicted molar refractivity (Wildman–Crippen MR) is 73.6 cm³/mol. The molecule has 0 aliphatic carbocycles. The molecular weight excluding hydrogens is 212 g/mol. The number of allylic oxidation sites excluding steroid dienone is 1. The van der Waals surface area contributed by atoms with Gasteiger partial charge in [-0.3, -0.25) is 0 Å². The maximum Gasteiger partial charge on any atom is 0.107 e. The van der Waals surface area contributed by atoms with E-state index in [0.717, 1.165) is 6.42 Å². The summed E-state index contributed by atoms with van der Waals surface area (Å²) >= 11 is 0. The summed E-state index contributed by atoms with van der Waals surface area (Å²) in [5, 5.41) is 12.4. The van der Waals surface area contributed by atoms with Crippen LogP contribution in [0.25, 0.3) is 0 Å². The zero-order valence-electron chi connectivity index (χ0n) is 10.7. The van der Waals surface area contributed by atoms with Gasteiger partial charge in [0.05, 0.1) is 6.10 Å². The monoisotopic (exact) mass is 234 g/mol. The minimum absolute atomic E-state index is 0.248. The molecule has 0 amide bonds. The van der Waals surface area contributed by atoms with Crippen LogP contribution in [-0.2, 0) is 0 Å². The molecule has 0 saturated carbocycles. The summed E-state index contributed by atoms with van der Waals surface area (Å²) in [5.74, 6) is 0. The smallest absolute Gasteiger partial charge is 0.107 e. The molecule has 1 N–H and O–H groups in total. The second-order valence-electron chi connectivity index (χ2n) is 4.86. The van der Waals surface area contributed by atoms with Crippen LogP contribution in [0.3, 0.4) is 0 Å². The Kier molecular flexibility index (Phi) is 4.51. The van der Waals surface area contributed by atoms with E-state index in [4.69, 9.17) is 0 Å². The quantitative estimate of drug-likeness (QED) is 0.794. The van der Waals surface area contributed by atoms with Crippen LogP contribution >= 0.6 is 0 Å². The van der Waals surface area contributed by atoms with Crippen molar-refractivity contribution in [1.82, 2.24) is 0 Å². The lowest BCUT2D eigenvalue weighted by Gasteiger charge is -2.27. The fraction of sp³-hybridized carbons (Fsp3) is 0.429. The molecule has 0 saturated heterocycles. The van der Waals surface area contributed by atoms with Gasteiger partial charge in [-0.05, 0) is 20.3 Å². The summed E-state index contributed by atoms with van der Waals surface area (Å²) < 4.78 is 0. The molecule has 0 aromatic heterocycles. The number of rotatable bonds is 4. The van der Waals surface area contributed by atoms with Crippen molar-refractivity contribution in [2.24, 2.45) is 0 Å². The molecule has 0 aliphatic heterocycles. The van der Waals surface area contributed by atoms with E-state index >= 15 is 0 Å². The van der Waals surface area contributed by atoms with Crippen LogP contribution in [0.5, 0.6) is 0 Å². The first-order valence-electron chi connectivity index (χ1n) is 5.87. The van der Waals surface area contributed by atoms with Crippen LogP contribution in [0, 0.1) is 0 Å². The normalized spacial score (nSPS) is 14.9. The molecule has 2 heteroatoms. The largest absolute Gasteiger partial charge is 0.393 e. The summed E-state index contributed by atoms with van der Waals surface area (Å²) in [6.07, 6.45) is 2.73. The fourth-order valence-electron chi connectivity index (χ4n) is 2.09. The topological polar surface area (TPSA) is 20.2 Å². The molecule has 0 radical (unpaired) electrons. The van der Waals surface area contributed by atoms with Gasteiger partial charge in [0.2, 0.25) is 0 Å². The first kappa shape index (κ1) is 13.2. The fourth-order valence-corrected chi connectivity index (χ4v) is 5.02. The Morgan fingerprint density at radius 3 is 2.31 bits per heavy atom. The second-order valence-corrected chi connectivity index (χ2v) is 9.33. The van der Waals surface area contributed by atoms with Crippen molar-refractivity contribution in [3.05, 3.63) is 41.6 Å². The van der Waals surface area contributed by atoms with Gasteiger partial charge in [-0.1, -0.05) is 59.9 Å². The Labute approximate surface area is 99.8 Å². The first-order chi connectivity index (χ1) is 7.48. The first-order valence-corrected chi connectivity index (χ1v) is 8.87. The number of aliphatic hydroxyl groups excluding tert-OH is 1. The van der Waals surface area contributed by atoms with E-state index < -0.39 is 8.07 Å². The molecular formula is C14H22OSi. The SMILES string of the molecule is C/C=C(/CC(C)O)[Si](C)(C)c1ccccc1. The van der Waals surface area contributed by atoms with Crippen molar-refractivity contribution in [2.45, 2.75) is 39.5 Å². The van der Waals surface area contributed by atoms with Crippen LogP contribution in [0.1, 0.15) is 20.3 Å². The maximum atomic E-state index is 9.55.